The molecule has 1 fully saturated rings. The number of fused-ring (bicyclic) bond motifs is 2. The Kier molecular flexibility index (Phi) is 7.16. The van der Waals surface area contributed by atoms with E-state index in [0.717, 1.165) is 5.56 Å². The van der Waals surface area contributed by atoms with Crippen LogP contribution in [0.1, 0.15) is 71.4 Å². The molecule has 3 heterocycles. The number of nitrogens with zero attached hydrogens (tertiary/aromatic N) is 1. The number of carbonyl (C=O) groups is 2. The van der Waals surface area contributed by atoms with E-state index in [-0.39, 0.29) is 24.2 Å². The lowest BCUT2D eigenvalue weighted by Crippen LogP contribution is -2.45. The molecule has 0 bridgehead atoms. The Morgan fingerprint density at radius 2 is 1.83 bits per heavy atom. The Morgan fingerprint density at radius 1 is 1.11 bits per heavy atom. The van der Waals surface area contributed by atoms with Crippen molar-refractivity contribution in [1.29, 1.82) is 0 Å². The topological polar surface area (TPSA) is 122 Å². The molecule has 1 aromatic carbocycles. The number of hydrogen-bond donors (Lipinski definition) is 2. The summed E-state index contributed by atoms with van der Waals surface area (Å²) in [6, 6.07) is 5.49. The van der Waals surface area contributed by atoms with Gasteiger partial charge in [-0.1, -0.05) is 45.9 Å². The summed E-state index contributed by atoms with van der Waals surface area (Å²) < 4.78 is 17.5. The molecule has 7 atom stereocenters. The monoisotopic (exact) mass is 499 g/mol. The van der Waals surface area contributed by atoms with Crippen LogP contribution in [0.4, 0.5) is 0 Å². The number of cyclic esters (lactones) is 1. The Hall–Kier alpha value is -2.55. The zero-order valence-electron chi connectivity index (χ0n) is 21.9. The van der Waals surface area contributed by atoms with Crippen molar-refractivity contribution in [2.24, 2.45) is 17.3 Å². The molecule has 2 aliphatic rings. The lowest BCUT2D eigenvalue weighted by Gasteiger charge is -2.34. The number of aromatic nitrogens is 1. The Morgan fingerprint density at radius 3 is 2.56 bits per heavy atom. The van der Waals surface area contributed by atoms with Crippen molar-refractivity contribution in [3.8, 4) is 0 Å². The highest BCUT2D eigenvalue weighted by molar-refractivity contribution is 5.88. The highest BCUT2D eigenvalue weighted by atomic mass is 16.6. The van der Waals surface area contributed by atoms with E-state index in [1.54, 1.807) is 33.8 Å². The zero-order valence-corrected chi connectivity index (χ0v) is 21.9. The van der Waals surface area contributed by atoms with Gasteiger partial charge in [0.1, 0.15) is 17.4 Å². The van der Waals surface area contributed by atoms with Crippen LogP contribution in [0.15, 0.2) is 34.8 Å². The number of aryl methyl sites for hydroxylation is 1. The number of benzene rings is 1. The van der Waals surface area contributed by atoms with Crippen molar-refractivity contribution in [2.75, 3.05) is 0 Å². The van der Waals surface area contributed by atoms with Crippen molar-refractivity contribution >= 4 is 22.9 Å². The number of carbonyl (C=O) groups excluding carboxylic acids is 2. The van der Waals surface area contributed by atoms with E-state index in [2.05, 4.69) is 4.98 Å². The molecule has 36 heavy (non-hydrogen) atoms. The molecular weight excluding hydrogens is 462 g/mol. The summed E-state index contributed by atoms with van der Waals surface area (Å²) in [5, 5.41) is 21.7. The third-order valence-corrected chi connectivity index (χ3v) is 7.88. The molecular formula is C28H37NO7. The van der Waals surface area contributed by atoms with Crippen LogP contribution in [-0.4, -0.2) is 50.9 Å². The molecule has 196 valence electrons. The quantitative estimate of drug-likeness (QED) is 0.340. The van der Waals surface area contributed by atoms with E-state index < -0.39 is 41.2 Å². The van der Waals surface area contributed by atoms with E-state index in [1.165, 1.54) is 0 Å². The van der Waals surface area contributed by atoms with E-state index >= 15 is 0 Å². The lowest BCUT2D eigenvalue weighted by atomic mass is 9.73. The molecule has 0 spiro atoms. The fraction of sp³-hybridized carbons (Fsp3) is 0.607. The van der Waals surface area contributed by atoms with Crippen LogP contribution < -0.4 is 0 Å². The molecule has 0 aliphatic carbocycles. The van der Waals surface area contributed by atoms with Crippen LogP contribution >= 0.6 is 0 Å². The highest BCUT2D eigenvalue weighted by Gasteiger charge is 2.52. The normalized spacial score (nSPS) is 35.9. The number of aliphatic hydroxyl groups is 2. The lowest BCUT2D eigenvalue weighted by molar-refractivity contribution is -0.156. The summed E-state index contributed by atoms with van der Waals surface area (Å²) in [6.07, 6.45) is 1.67. The van der Waals surface area contributed by atoms with Crippen LogP contribution in [0.3, 0.4) is 0 Å². The summed E-state index contributed by atoms with van der Waals surface area (Å²) in [6.45, 7) is 10.5. The second kappa shape index (κ2) is 9.72. The first-order valence-electron chi connectivity index (χ1n) is 12.6. The molecule has 2 unspecified atom stereocenters. The first-order chi connectivity index (χ1) is 16.8. The van der Waals surface area contributed by atoms with Crippen LogP contribution in [0.2, 0.25) is 0 Å². The number of ether oxygens (including phenoxy) is 2. The number of esters is 1. The predicted octanol–water partition coefficient (Wildman–Crippen LogP) is 4.21. The maximum absolute atomic E-state index is 13.2. The minimum absolute atomic E-state index is 0.135. The van der Waals surface area contributed by atoms with Gasteiger partial charge in [-0.15, -0.1) is 0 Å². The van der Waals surface area contributed by atoms with Crippen molar-refractivity contribution in [3.05, 3.63) is 41.8 Å². The fourth-order valence-electron chi connectivity index (χ4n) is 5.09. The average Bonchev–Trinajstić information content (AvgIpc) is 3.28. The van der Waals surface area contributed by atoms with Gasteiger partial charge in [0, 0.05) is 25.2 Å². The smallest absolute Gasteiger partial charge is 0.309 e. The SMILES string of the molecule is Cc1nc2cc([C@@H]3CC4OC4(C)CC=C[C@H](C)[C@H](O)[C@@H](C)C(=O)C(C)(C)[C@@H](O)CC(=O)O3)ccc2o1. The first-order valence-corrected chi connectivity index (χ1v) is 12.6. The van der Waals surface area contributed by atoms with Crippen LogP contribution in [-0.2, 0) is 19.1 Å². The van der Waals surface area contributed by atoms with Crippen LogP contribution in [0, 0.1) is 24.2 Å². The second-order valence-corrected chi connectivity index (χ2v) is 11.2. The van der Waals surface area contributed by atoms with Crippen molar-refractivity contribution < 1.29 is 33.7 Å². The molecule has 8 nitrogen and oxygen atoms in total. The predicted molar refractivity (Wildman–Crippen MR) is 133 cm³/mol. The number of epoxide rings is 1. The van der Waals surface area contributed by atoms with Gasteiger partial charge in [-0.25, -0.2) is 4.98 Å². The van der Waals surface area contributed by atoms with Gasteiger partial charge in [0.15, 0.2) is 11.5 Å². The first kappa shape index (κ1) is 26.5. The summed E-state index contributed by atoms with van der Waals surface area (Å²) in [4.78, 5) is 30.6. The standard InChI is InChI=1S/C28H37NO7/c1-15-8-7-11-28(6)23(36-28)13-21(18-9-10-20-19(12-18)29-17(3)34-20)35-24(31)14-22(30)27(4,5)26(33)16(2)25(15)32/h7-10,12,15-16,21-23,25,30,32H,11,13-14H2,1-6H3/t15-,16+,21-,22-,23?,25-,28?/m0/s1. The fourth-order valence-corrected chi connectivity index (χ4v) is 5.09. The van der Waals surface area contributed by atoms with Gasteiger partial charge in [-0.2, -0.15) is 0 Å². The van der Waals surface area contributed by atoms with Crippen molar-refractivity contribution in [3.63, 3.8) is 0 Å². The number of ketones is 1. The van der Waals surface area contributed by atoms with Gasteiger partial charge in [-0.3, -0.25) is 9.59 Å². The Labute approximate surface area is 211 Å². The number of rotatable bonds is 1. The van der Waals surface area contributed by atoms with Gasteiger partial charge < -0.3 is 24.1 Å². The van der Waals surface area contributed by atoms with E-state index in [1.807, 2.05) is 38.1 Å². The third kappa shape index (κ3) is 5.26. The maximum Gasteiger partial charge on any atom is 0.309 e. The summed E-state index contributed by atoms with van der Waals surface area (Å²) >= 11 is 0. The Bertz CT molecular complexity index is 1170. The molecule has 0 saturated carbocycles. The number of aliphatic hydroxyl groups excluding tert-OH is 2. The number of hydrogen-bond acceptors (Lipinski definition) is 8. The minimum atomic E-state index is -1.27. The molecule has 8 heteroatoms. The van der Waals surface area contributed by atoms with Gasteiger partial charge in [0.2, 0.25) is 0 Å². The summed E-state index contributed by atoms with van der Waals surface area (Å²) in [5.74, 6) is -1.35. The van der Waals surface area contributed by atoms with Gasteiger partial charge in [0.25, 0.3) is 0 Å². The van der Waals surface area contributed by atoms with E-state index in [4.69, 9.17) is 13.9 Å². The van der Waals surface area contributed by atoms with Gasteiger partial charge in [0.05, 0.1) is 35.7 Å². The molecule has 2 aromatic rings. The zero-order chi connectivity index (χ0) is 26.4. The summed E-state index contributed by atoms with van der Waals surface area (Å²) in [7, 11) is 0. The van der Waals surface area contributed by atoms with Crippen molar-refractivity contribution in [1.82, 2.24) is 4.98 Å². The maximum atomic E-state index is 13.2. The van der Waals surface area contributed by atoms with Gasteiger partial charge >= 0.3 is 5.97 Å². The molecule has 4 rings (SSSR count). The Balaban J connectivity index is 1.65. The number of Topliss-reactive ketones (excluding diaryl/α,β-unsaturated/α-hetero) is 1. The highest BCUT2D eigenvalue weighted by Crippen LogP contribution is 2.46. The number of oxazole rings is 1. The van der Waals surface area contributed by atoms with E-state index in [9.17, 15) is 19.8 Å². The molecule has 2 aliphatic heterocycles. The van der Waals surface area contributed by atoms with Crippen molar-refractivity contribution in [2.45, 2.75) is 90.8 Å². The van der Waals surface area contributed by atoms with E-state index in [0.29, 0.717) is 29.8 Å². The van der Waals surface area contributed by atoms with Crippen LogP contribution in [0.25, 0.3) is 11.1 Å². The minimum Gasteiger partial charge on any atom is -0.457 e. The molecule has 2 N–H and O–H groups in total. The molecule has 0 amide bonds. The molecule has 1 aromatic heterocycles. The van der Waals surface area contributed by atoms with Crippen LogP contribution in [0.5, 0.6) is 0 Å². The third-order valence-electron chi connectivity index (χ3n) is 7.88. The average molecular weight is 500 g/mol. The summed E-state index contributed by atoms with van der Waals surface area (Å²) in [5.41, 5.74) is 0.415. The largest absolute Gasteiger partial charge is 0.457 e. The van der Waals surface area contributed by atoms with Gasteiger partial charge in [-0.05, 0) is 31.0 Å². The molecule has 1 saturated heterocycles. The molecule has 0 radical (unpaired) electrons. The second-order valence-electron chi connectivity index (χ2n) is 11.2.